The van der Waals surface area contributed by atoms with Crippen molar-refractivity contribution in [1.29, 1.82) is 0 Å². The Bertz CT molecular complexity index is 1490. The molecule has 0 aliphatic rings. The molecule has 2 aromatic carbocycles. The second kappa shape index (κ2) is 9.57. The van der Waals surface area contributed by atoms with Crippen LogP contribution in [0.5, 0.6) is 0 Å². The molecule has 0 saturated carbocycles. The molecule has 4 aromatic rings. The number of benzene rings is 2. The van der Waals surface area contributed by atoms with E-state index in [1.807, 2.05) is 30.3 Å². The largest absolute Gasteiger partial charge is 0.324 e. The Balaban J connectivity index is 1.54. The number of hydrogen-bond donors (Lipinski definition) is 1. The van der Waals surface area contributed by atoms with Crippen LogP contribution in [-0.2, 0) is 21.4 Å². The fourth-order valence-electron chi connectivity index (χ4n) is 3.62. The minimum atomic E-state index is -3.66. The summed E-state index contributed by atoms with van der Waals surface area (Å²) in [6, 6.07) is 15.3. The van der Waals surface area contributed by atoms with Gasteiger partial charge in [-0.15, -0.1) is 0 Å². The third-order valence-corrected chi connectivity index (χ3v) is 7.38. The molecule has 0 fully saturated rings. The Hall–Kier alpha value is -3.83. The number of carbonyl (C=O) groups excluding carboxylic acids is 1. The Labute approximate surface area is 196 Å². The number of sulfonamides is 1. The number of nitrogens with zero attached hydrogens (tertiary/aromatic N) is 5. The molecule has 0 radical (unpaired) electrons. The molecule has 0 aliphatic carbocycles. The summed E-state index contributed by atoms with van der Waals surface area (Å²) in [7, 11) is -3.66. The SMILES string of the molecule is CCN(CC)S(=O)(=O)c1cccc(NC(=O)Cn2cnc3c(cnn3-c3ccccc3)c2=O)c1. The highest BCUT2D eigenvalue weighted by atomic mass is 32.2. The molecular formula is C23H24N6O4S. The number of carbonyl (C=O) groups is 1. The zero-order valence-electron chi connectivity index (χ0n) is 18.7. The van der Waals surface area contributed by atoms with Crippen LogP contribution in [0.4, 0.5) is 5.69 Å². The summed E-state index contributed by atoms with van der Waals surface area (Å²) in [6.45, 7) is 3.92. The molecule has 0 bridgehead atoms. The van der Waals surface area contributed by atoms with Crippen LogP contribution in [0.15, 0.2) is 76.8 Å². The van der Waals surface area contributed by atoms with Gasteiger partial charge in [0.25, 0.3) is 5.56 Å². The molecule has 2 aromatic heterocycles. The lowest BCUT2D eigenvalue weighted by molar-refractivity contribution is -0.116. The van der Waals surface area contributed by atoms with Gasteiger partial charge in [0.05, 0.1) is 16.8 Å². The number of aromatic nitrogens is 4. The lowest BCUT2D eigenvalue weighted by Gasteiger charge is -2.18. The number of rotatable bonds is 8. The smallest absolute Gasteiger partial charge is 0.264 e. The Kier molecular flexibility index (Phi) is 6.57. The van der Waals surface area contributed by atoms with Gasteiger partial charge in [0.1, 0.15) is 18.3 Å². The molecule has 0 spiro atoms. The van der Waals surface area contributed by atoms with Gasteiger partial charge in [0.2, 0.25) is 15.9 Å². The van der Waals surface area contributed by atoms with Crippen molar-refractivity contribution in [1.82, 2.24) is 23.6 Å². The fraction of sp³-hybridized carbons (Fsp3) is 0.217. The van der Waals surface area contributed by atoms with Crippen molar-refractivity contribution in [3.05, 3.63) is 77.5 Å². The highest BCUT2D eigenvalue weighted by molar-refractivity contribution is 7.89. The van der Waals surface area contributed by atoms with Crippen LogP contribution in [0.25, 0.3) is 16.7 Å². The molecular weight excluding hydrogens is 456 g/mol. The molecule has 176 valence electrons. The first-order chi connectivity index (χ1) is 16.3. The van der Waals surface area contributed by atoms with Gasteiger partial charge >= 0.3 is 0 Å². The van der Waals surface area contributed by atoms with Gasteiger partial charge in [-0.1, -0.05) is 38.1 Å². The van der Waals surface area contributed by atoms with Gasteiger partial charge in [0.15, 0.2) is 5.65 Å². The van der Waals surface area contributed by atoms with Crippen LogP contribution in [0, 0.1) is 0 Å². The zero-order valence-corrected chi connectivity index (χ0v) is 19.6. The summed E-state index contributed by atoms with van der Waals surface area (Å²) in [6.07, 6.45) is 2.72. The molecule has 0 atom stereocenters. The predicted octanol–water partition coefficient (Wildman–Crippen LogP) is 2.25. The van der Waals surface area contributed by atoms with Crippen LogP contribution in [0.2, 0.25) is 0 Å². The Morgan fingerprint density at radius 3 is 2.50 bits per heavy atom. The van der Waals surface area contributed by atoms with Crippen molar-refractivity contribution in [2.75, 3.05) is 18.4 Å². The molecule has 11 heteroatoms. The van der Waals surface area contributed by atoms with E-state index in [1.54, 1.807) is 30.7 Å². The summed E-state index contributed by atoms with van der Waals surface area (Å²) in [5.41, 5.74) is 1.07. The van der Waals surface area contributed by atoms with Crippen molar-refractivity contribution in [3.8, 4) is 5.69 Å². The maximum absolute atomic E-state index is 12.9. The maximum Gasteiger partial charge on any atom is 0.264 e. The molecule has 34 heavy (non-hydrogen) atoms. The second-order valence-electron chi connectivity index (χ2n) is 7.47. The molecule has 0 saturated heterocycles. The quantitative estimate of drug-likeness (QED) is 0.413. The number of hydrogen-bond acceptors (Lipinski definition) is 6. The maximum atomic E-state index is 12.9. The summed E-state index contributed by atoms with van der Waals surface area (Å²) < 4.78 is 29.6. The topological polar surface area (TPSA) is 119 Å². The lowest BCUT2D eigenvalue weighted by Crippen LogP contribution is -2.30. The molecule has 1 amide bonds. The van der Waals surface area contributed by atoms with E-state index in [0.717, 1.165) is 5.69 Å². The first-order valence-corrected chi connectivity index (χ1v) is 12.2. The van der Waals surface area contributed by atoms with Crippen molar-refractivity contribution in [2.24, 2.45) is 0 Å². The highest BCUT2D eigenvalue weighted by Crippen LogP contribution is 2.19. The lowest BCUT2D eigenvalue weighted by atomic mass is 10.3. The van der Waals surface area contributed by atoms with E-state index < -0.39 is 21.5 Å². The third-order valence-electron chi connectivity index (χ3n) is 5.33. The number of para-hydroxylation sites is 1. The predicted molar refractivity (Wildman–Crippen MR) is 128 cm³/mol. The molecule has 0 unspecified atom stereocenters. The van der Waals surface area contributed by atoms with Gasteiger partial charge in [-0.25, -0.2) is 18.1 Å². The summed E-state index contributed by atoms with van der Waals surface area (Å²) in [4.78, 5) is 29.9. The molecule has 4 rings (SSSR count). The Morgan fingerprint density at radius 2 is 1.79 bits per heavy atom. The van der Waals surface area contributed by atoms with E-state index in [1.165, 1.54) is 33.5 Å². The second-order valence-corrected chi connectivity index (χ2v) is 9.41. The zero-order chi connectivity index (χ0) is 24.3. The van der Waals surface area contributed by atoms with Crippen LogP contribution in [0.3, 0.4) is 0 Å². The van der Waals surface area contributed by atoms with E-state index in [4.69, 9.17) is 0 Å². The number of anilines is 1. The van der Waals surface area contributed by atoms with E-state index in [2.05, 4.69) is 15.4 Å². The summed E-state index contributed by atoms with van der Waals surface area (Å²) in [5, 5.41) is 7.19. The normalized spacial score (nSPS) is 11.7. The standard InChI is InChI=1S/C23H24N6O4S/c1-3-28(4-2)34(32,33)19-12-8-9-17(13-19)26-21(30)15-27-16-24-22-20(23(27)31)14-25-29(22)18-10-6-5-7-11-18/h5-14,16H,3-4,15H2,1-2H3,(H,26,30). The van der Waals surface area contributed by atoms with Crippen molar-refractivity contribution in [3.63, 3.8) is 0 Å². The van der Waals surface area contributed by atoms with E-state index in [-0.39, 0.29) is 16.8 Å². The van der Waals surface area contributed by atoms with Crippen molar-refractivity contribution >= 4 is 32.7 Å². The highest BCUT2D eigenvalue weighted by Gasteiger charge is 2.22. The minimum absolute atomic E-state index is 0.0857. The molecule has 1 N–H and O–H groups in total. The molecule has 2 heterocycles. The fourth-order valence-corrected chi connectivity index (χ4v) is 5.13. The monoisotopic (exact) mass is 480 g/mol. The van der Waals surface area contributed by atoms with Gasteiger partial charge in [-0.3, -0.25) is 14.2 Å². The average Bonchev–Trinajstić information content (AvgIpc) is 3.27. The first-order valence-electron chi connectivity index (χ1n) is 10.7. The number of nitrogens with one attached hydrogen (secondary N) is 1. The number of fused-ring (bicyclic) bond motifs is 1. The van der Waals surface area contributed by atoms with Gasteiger partial charge < -0.3 is 5.32 Å². The molecule has 0 aliphatic heterocycles. The van der Waals surface area contributed by atoms with Crippen molar-refractivity contribution < 1.29 is 13.2 Å². The van der Waals surface area contributed by atoms with Crippen LogP contribution < -0.4 is 10.9 Å². The van der Waals surface area contributed by atoms with Crippen LogP contribution >= 0.6 is 0 Å². The van der Waals surface area contributed by atoms with Gasteiger partial charge in [0, 0.05) is 18.8 Å². The Morgan fingerprint density at radius 1 is 1.06 bits per heavy atom. The van der Waals surface area contributed by atoms with Gasteiger partial charge in [-0.2, -0.15) is 9.40 Å². The van der Waals surface area contributed by atoms with Crippen LogP contribution in [0.1, 0.15) is 13.8 Å². The average molecular weight is 481 g/mol. The molecule has 10 nitrogen and oxygen atoms in total. The van der Waals surface area contributed by atoms with E-state index in [0.29, 0.717) is 24.4 Å². The van der Waals surface area contributed by atoms with E-state index in [9.17, 15) is 18.0 Å². The van der Waals surface area contributed by atoms with Gasteiger partial charge in [-0.05, 0) is 30.3 Å². The summed E-state index contributed by atoms with van der Waals surface area (Å²) >= 11 is 0. The minimum Gasteiger partial charge on any atom is -0.324 e. The first kappa shape index (κ1) is 23.3. The third kappa shape index (κ3) is 4.47. The number of amides is 1. The van der Waals surface area contributed by atoms with Crippen LogP contribution in [-0.4, -0.2) is 51.1 Å². The van der Waals surface area contributed by atoms with E-state index >= 15 is 0 Å². The summed E-state index contributed by atoms with van der Waals surface area (Å²) in [5.74, 6) is -0.490. The van der Waals surface area contributed by atoms with Crippen molar-refractivity contribution in [2.45, 2.75) is 25.3 Å².